The third-order valence-corrected chi connectivity index (χ3v) is 4.25. The minimum atomic E-state index is -0.752. The maximum absolute atomic E-state index is 12.4. The van der Waals surface area contributed by atoms with E-state index in [0.29, 0.717) is 24.0 Å². The molecule has 6 nitrogen and oxygen atoms in total. The lowest BCUT2D eigenvalue weighted by atomic mass is 10.0. The molecule has 2 unspecified atom stereocenters. The van der Waals surface area contributed by atoms with E-state index in [2.05, 4.69) is 10.6 Å². The SMILES string of the molecule is CNC1CCCN(C(=O)CC2Oc3ccccc3NC2=O)C1.Cl. The summed E-state index contributed by atoms with van der Waals surface area (Å²) in [5.41, 5.74) is 0.657. The molecule has 0 bridgehead atoms. The van der Waals surface area contributed by atoms with Crippen LogP contribution < -0.4 is 15.4 Å². The fourth-order valence-electron chi connectivity index (χ4n) is 2.95. The zero-order chi connectivity index (χ0) is 15.5. The van der Waals surface area contributed by atoms with Gasteiger partial charge < -0.3 is 20.3 Å². The van der Waals surface area contributed by atoms with Crippen molar-refractivity contribution in [3.05, 3.63) is 24.3 Å². The van der Waals surface area contributed by atoms with Crippen molar-refractivity contribution in [3.8, 4) is 5.75 Å². The zero-order valence-electron chi connectivity index (χ0n) is 13.1. The van der Waals surface area contributed by atoms with E-state index >= 15 is 0 Å². The molecule has 2 atom stereocenters. The van der Waals surface area contributed by atoms with Gasteiger partial charge in [-0.1, -0.05) is 12.1 Å². The molecule has 23 heavy (non-hydrogen) atoms. The first-order valence-corrected chi connectivity index (χ1v) is 7.69. The predicted octanol–water partition coefficient (Wildman–Crippen LogP) is 1.41. The largest absolute Gasteiger partial charge is 0.478 e. The molecule has 126 valence electrons. The summed E-state index contributed by atoms with van der Waals surface area (Å²) in [6.45, 7) is 1.45. The average molecular weight is 340 g/mol. The van der Waals surface area contributed by atoms with Crippen LogP contribution in [0.25, 0.3) is 0 Å². The summed E-state index contributed by atoms with van der Waals surface area (Å²) < 4.78 is 5.68. The van der Waals surface area contributed by atoms with E-state index in [1.807, 2.05) is 24.1 Å². The van der Waals surface area contributed by atoms with Gasteiger partial charge in [0.15, 0.2) is 6.10 Å². The standard InChI is InChI=1S/C16H21N3O3.ClH/c1-17-11-5-4-8-19(10-11)15(20)9-14-16(21)18-12-6-2-3-7-13(12)22-14;/h2-3,6-7,11,14,17H,4-5,8-10H2,1H3,(H,18,21);1H. The van der Waals surface area contributed by atoms with Gasteiger partial charge in [0, 0.05) is 19.1 Å². The number of nitrogens with one attached hydrogen (secondary N) is 2. The lowest BCUT2D eigenvalue weighted by Crippen LogP contribution is -2.49. The summed E-state index contributed by atoms with van der Waals surface area (Å²) in [5, 5.41) is 6.00. The first-order valence-electron chi connectivity index (χ1n) is 7.69. The van der Waals surface area contributed by atoms with E-state index in [1.165, 1.54) is 0 Å². The van der Waals surface area contributed by atoms with E-state index in [1.54, 1.807) is 12.1 Å². The molecule has 3 rings (SSSR count). The highest BCUT2D eigenvalue weighted by molar-refractivity contribution is 5.99. The molecule has 1 aromatic carbocycles. The van der Waals surface area contributed by atoms with Crippen LogP contribution in [0.15, 0.2) is 24.3 Å². The zero-order valence-corrected chi connectivity index (χ0v) is 13.9. The van der Waals surface area contributed by atoms with Crippen LogP contribution in [0.4, 0.5) is 5.69 Å². The number of ether oxygens (including phenoxy) is 1. The molecule has 0 saturated carbocycles. The lowest BCUT2D eigenvalue weighted by Gasteiger charge is -2.34. The molecule has 0 aromatic heterocycles. The minimum absolute atomic E-state index is 0. The maximum atomic E-state index is 12.4. The average Bonchev–Trinajstić information content (AvgIpc) is 2.55. The fourth-order valence-corrected chi connectivity index (χ4v) is 2.95. The number of amides is 2. The molecule has 7 heteroatoms. The van der Waals surface area contributed by atoms with Gasteiger partial charge in [-0.2, -0.15) is 0 Å². The molecule has 0 aliphatic carbocycles. The van der Waals surface area contributed by atoms with Crippen LogP contribution in [0.5, 0.6) is 5.75 Å². The summed E-state index contributed by atoms with van der Waals surface area (Å²) in [6.07, 6.45) is 1.39. The number of halogens is 1. The summed E-state index contributed by atoms with van der Waals surface area (Å²) in [6, 6.07) is 7.59. The number of likely N-dealkylation sites (N-methyl/N-ethyl adjacent to an activating group) is 1. The highest BCUT2D eigenvalue weighted by Gasteiger charge is 2.32. The van der Waals surface area contributed by atoms with Gasteiger partial charge in [-0.25, -0.2) is 0 Å². The van der Waals surface area contributed by atoms with Crippen LogP contribution in [0.1, 0.15) is 19.3 Å². The molecule has 2 N–H and O–H groups in total. The predicted molar refractivity (Wildman–Crippen MR) is 90.0 cm³/mol. The van der Waals surface area contributed by atoms with Gasteiger partial charge in [-0.3, -0.25) is 9.59 Å². The minimum Gasteiger partial charge on any atom is -0.478 e. The fraction of sp³-hybridized carbons (Fsp3) is 0.500. The molecule has 2 amide bonds. The van der Waals surface area contributed by atoms with Crippen LogP contribution >= 0.6 is 12.4 Å². The molecule has 2 heterocycles. The van der Waals surface area contributed by atoms with Gasteiger partial charge in [-0.05, 0) is 32.0 Å². The number of hydrogen-bond acceptors (Lipinski definition) is 4. The highest BCUT2D eigenvalue weighted by atomic mass is 35.5. The van der Waals surface area contributed by atoms with Crippen LogP contribution in [-0.2, 0) is 9.59 Å². The number of piperidine rings is 1. The number of para-hydroxylation sites is 2. The van der Waals surface area contributed by atoms with E-state index in [4.69, 9.17) is 4.74 Å². The Morgan fingerprint density at radius 2 is 2.22 bits per heavy atom. The second-order valence-electron chi connectivity index (χ2n) is 5.76. The quantitative estimate of drug-likeness (QED) is 0.873. The molecule has 0 radical (unpaired) electrons. The van der Waals surface area contributed by atoms with Crippen molar-refractivity contribution in [2.45, 2.75) is 31.4 Å². The first kappa shape index (κ1) is 17.6. The number of rotatable bonds is 3. The molecule has 1 fully saturated rings. The van der Waals surface area contributed by atoms with Crippen molar-refractivity contribution < 1.29 is 14.3 Å². The summed E-state index contributed by atoms with van der Waals surface area (Å²) >= 11 is 0. The number of carbonyl (C=O) groups excluding carboxylic acids is 2. The first-order chi connectivity index (χ1) is 10.7. The van der Waals surface area contributed by atoms with Crippen molar-refractivity contribution in [1.82, 2.24) is 10.2 Å². The van der Waals surface area contributed by atoms with Gasteiger partial charge in [0.25, 0.3) is 5.91 Å². The number of hydrogen-bond donors (Lipinski definition) is 2. The smallest absolute Gasteiger partial charge is 0.266 e. The number of fused-ring (bicyclic) bond motifs is 1. The van der Waals surface area contributed by atoms with Crippen molar-refractivity contribution in [2.24, 2.45) is 0 Å². The normalized spacial score (nSPS) is 23.2. The van der Waals surface area contributed by atoms with Crippen LogP contribution in [0, 0.1) is 0 Å². The molecule has 0 spiro atoms. The van der Waals surface area contributed by atoms with E-state index in [9.17, 15) is 9.59 Å². The molecule has 2 aliphatic rings. The van der Waals surface area contributed by atoms with Gasteiger partial charge in [-0.15, -0.1) is 12.4 Å². The Morgan fingerprint density at radius 1 is 1.43 bits per heavy atom. The Kier molecular flexibility index (Phi) is 5.85. The van der Waals surface area contributed by atoms with Gasteiger partial charge in [0.2, 0.25) is 5.91 Å². The van der Waals surface area contributed by atoms with Gasteiger partial charge >= 0.3 is 0 Å². The monoisotopic (exact) mass is 339 g/mol. The number of anilines is 1. The Bertz CT molecular complexity index is 581. The van der Waals surface area contributed by atoms with Crippen molar-refractivity contribution >= 4 is 29.9 Å². The number of carbonyl (C=O) groups is 2. The number of likely N-dealkylation sites (tertiary alicyclic amines) is 1. The molecular weight excluding hydrogens is 318 g/mol. The van der Waals surface area contributed by atoms with Crippen LogP contribution in [0.2, 0.25) is 0 Å². The third-order valence-electron chi connectivity index (χ3n) is 4.25. The van der Waals surface area contributed by atoms with Crippen LogP contribution in [0.3, 0.4) is 0 Å². The summed E-state index contributed by atoms with van der Waals surface area (Å²) in [5.74, 6) is 0.334. The Hall–Kier alpha value is -1.79. The summed E-state index contributed by atoms with van der Waals surface area (Å²) in [7, 11) is 1.91. The molecular formula is C16H22ClN3O3. The van der Waals surface area contributed by atoms with Crippen molar-refractivity contribution in [1.29, 1.82) is 0 Å². The van der Waals surface area contributed by atoms with Crippen LogP contribution in [-0.4, -0.2) is 49.0 Å². The lowest BCUT2D eigenvalue weighted by molar-refractivity contribution is -0.138. The summed E-state index contributed by atoms with van der Waals surface area (Å²) in [4.78, 5) is 26.3. The maximum Gasteiger partial charge on any atom is 0.266 e. The second kappa shape index (κ2) is 7.66. The Balaban J connectivity index is 0.00000192. The highest BCUT2D eigenvalue weighted by Crippen LogP contribution is 2.29. The Morgan fingerprint density at radius 3 is 3.00 bits per heavy atom. The molecule has 1 aromatic rings. The van der Waals surface area contributed by atoms with E-state index in [0.717, 1.165) is 19.4 Å². The second-order valence-corrected chi connectivity index (χ2v) is 5.76. The Labute approximate surface area is 142 Å². The van der Waals surface area contributed by atoms with E-state index in [-0.39, 0.29) is 30.6 Å². The van der Waals surface area contributed by atoms with Crippen molar-refractivity contribution in [3.63, 3.8) is 0 Å². The van der Waals surface area contributed by atoms with Gasteiger partial charge in [0.05, 0.1) is 12.1 Å². The van der Waals surface area contributed by atoms with Crippen molar-refractivity contribution in [2.75, 3.05) is 25.5 Å². The number of nitrogens with zero attached hydrogens (tertiary/aromatic N) is 1. The molecule has 1 saturated heterocycles. The topological polar surface area (TPSA) is 70.7 Å². The number of benzene rings is 1. The van der Waals surface area contributed by atoms with E-state index < -0.39 is 6.10 Å². The van der Waals surface area contributed by atoms with Gasteiger partial charge in [0.1, 0.15) is 5.75 Å². The third kappa shape index (κ3) is 3.95. The molecule has 2 aliphatic heterocycles.